The van der Waals surface area contributed by atoms with E-state index in [0.717, 1.165) is 19.3 Å². The fourth-order valence-electron chi connectivity index (χ4n) is 2.59. The average Bonchev–Trinajstić information content (AvgIpc) is 3.05. The largest absolute Gasteiger partial charge is 0.390 e. The molecule has 0 aromatic rings. The molecule has 19 heavy (non-hydrogen) atoms. The number of halogens is 1. The molecular formula is C15H21BrO3. The van der Waals surface area contributed by atoms with Crippen molar-refractivity contribution in [3.05, 3.63) is 12.2 Å². The summed E-state index contributed by atoms with van der Waals surface area (Å²) in [5, 5.41) is 10.1. The maximum Gasteiger partial charge on any atom is 0.0866 e. The van der Waals surface area contributed by atoms with E-state index in [4.69, 9.17) is 15.9 Å². The molecule has 0 radical (unpaired) electrons. The van der Waals surface area contributed by atoms with Gasteiger partial charge in [0.15, 0.2) is 0 Å². The van der Waals surface area contributed by atoms with E-state index in [0.29, 0.717) is 23.5 Å². The maximum absolute atomic E-state index is 10.1. The number of epoxide rings is 1. The number of ether oxygens (including phenoxy) is 2. The Bertz CT molecular complexity index is 363. The van der Waals surface area contributed by atoms with Gasteiger partial charge in [-0.2, -0.15) is 0 Å². The number of aliphatic hydroxyl groups is 1. The van der Waals surface area contributed by atoms with Crippen LogP contribution in [-0.2, 0) is 9.47 Å². The summed E-state index contributed by atoms with van der Waals surface area (Å²) in [6.45, 7) is 2.14. The lowest BCUT2D eigenvalue weighted by molar-refractivity contribution is -0.0356. The van der Waals surface area contributed by atoms with E-state index in [1.807, 2.05) is 6.08 Å². The van der Waals surface area contributed by atoms with Gasteiger partial charge in [-0.05, 0) is 25.3 Å². The molecule has 0 aromatic carbocycles. The van der Waals surface area contributed by atoms with Gasteiger partial charge in [0.05, 0.1) is 30.5 Å². The Hall–Kier alpha value is -0.340. The lowest BCUT2D eigenvalue weighted by atomic mass is 10.0. The molecule has 2 fully saturated rings. The summed E-state index contributed by atoms with van der Waals surface area (Å²) in [6.07, 6.45) is 12.2. The highest BCUT2D eigenvalue weighted by molar-refractivity contribution is 9.09. The van der Waals surface area contributed by atoms with Crippen molar-refractivity contribution in [1.82, 2.24) is 0 Å². The molecule has 0 spiro atoms. The van der Waals surface area contributed by atoms with Crippen molar-refractivity contribution in [2.24, 2.45) is 0 Å². The predicted molar refractivity (Wildman–Crippen MR) is 78.2 cm³/mol. The smallest absolute Gasteiger partial charge is 0.0866 e. The molecule has 2 aliphatic rings. The van der Waals surface area contributed by atoms with Crippen LogP contribution < -0.4 is 0 Å². The lowest BCUT2D eigenvalue weighted by Gasteiger charge is -2.17. The van der Waals surface area contributed by atoms with Crippen LogP contribution in [0.4, 0.5) is 0 Å². The Morgan fingerprint density at radius 3 is 2.84 bits per heavy atom. The van der Waals surface area contributed by atoms with E-state index in [2.05, 4.69) is 28.8 Å². The molecule has 0 amide bonds. The number of rotatable bonds is 6. The first-order valence-electron chi connectivity index (χ1n) is 6.89. The van der Waals surface area contributed by atoms with Gasteiger partial charge in [0, 0.05) is 11.2 Å². The summed E-state index contributed by atoms with van der Waals surface area (Å²) in [6, 6.07) is 0. The van der Waals surface area contributed by atoms with Crippen LogP contribution in [-0.4, -0.2) is 40.5 Å². The lowest BCUT2D eigenvalue weighted by Crippen LogP contribution is -2.26. The van der Waals surface area contributed by atoms with Crippen LogP contribution in [0.15, 0.2) is 12.2 Å². The summed E-state index contributed by atoms with van der Waals surface area (Å²) in [5.41, 5.74) is 0. The molecule has 3 nitrogen and oxygen atoms in total. The van der Waals surface area contributed by atoms with E-state index >= 15 is 0 Å². The highest BCUT2D eigenvalue weighted by Crippen LogP contribution is 2.37. The minimum atomic E-state index is -0.489. The highest BCUT2D eigenvalue weighted by Gasteiger charge is 2.44. The Morgan fingerprint density at radius 1 is 1.42 bits per heavy atom. The normalized spacial score (nSPS) is 39.4. The van der Waals surface area contributed by atoms with Crippen molar-refractivity contribution < 1.29 is 14.6 Å². The van der Waals surface area contributed by atoms with Crippen LogP contribution in [0.25, 0.3) is 0 Å². The van der Waals surface area contributed by atoms with Gasteiger partial charge in [0.25, 0.3) is 0 Å². The SMILES string of the molecule is C#C/C=C/C[C@@H](O)[C@H]1C[C@H](Br)[C@H](C[C@H]2O[C@@H]2CC)O1. The number of terminal acetylenes is 1. The zero-order valence-corrected chi connectivity index (χ0v) is 12.8. The monoisotopic (exact) mass is 328 g/mol. The summed E-state index contributed by atoms with van der Waals surface area (Å²) >= 11 is 3.65. The third kappa shape index (κ3) is 4.06. The van der Waals surface area contributed by atoms with E-state index < -0.39 is 6.10 Å². The second-order valence-corrected chi connectivity index (χ2v) is 6.37. The topological polar surface area (TPSA) is 42.0 Å². The molecule has 4 heteroatoms. The van der Waals surface area contributed by atoms with E-state index in [1.165, 1.54) is 0 Å². The molecule has 2 rings (SSSR count). The fourth-order valence-corrected chi connectivity index (χ4v) is 3.30. The van der Waals surface area contributed by atoms with Gasteiger partial charge in [0.2, 0.25) is 0 Å². The van der Waals surface area contributed by atoms with Gasteiger partial charge < -0.3 is 14.6 Å². The quantitative estimate of drug-likeness (QED) is 0.462. The van der Waals surface area contributed by atoms with Crippen molar-refractivity contribution in [1.29, 1.82) is 0 Å². The third-order valence-electron chi connectivity index (χ3n) is 3.79. The first kappa shape index (κ1) is 15.1. The number of alkyl halides is 1. The molecule has 0 bridgehead atoms. The molecule has 2 aliphatic heterocycles. The molecule has 2 heterocycles. The summed E-state index contributed by atoms with van der Waals surface area (Å²) in [4.78, 5) is 0.297. The zero-order valence-electron chi connectivity index (χ0n) is 11.2. The minimum absolute atomic E-state index is 0.115. The Morgan fingerprint density at radius 2 is 2.21 bits per heavy atom. The van der Waals surface area contributed by atoms with Crippen molar-refractivity contribution in [3.8, 4) is 12.3 Å². The summed E-state index contributed by atoms with van der Waals surface area (Å²) < 4.78 is 11.5. The van der Waals surface area contributed by atoms with Gasteiger partial charge in [0.1, 0.15) is 0 Å². The Labute approximate surface area is 123 Å². The summed E-state index contributed by atoms with van der Waals surface area (Å²) in [5.74, 6) is 2.42. The third-order valence-corrected chi connectivity index (χ3v) is 4.75. The molecule has 0 unspecified atom stereocenters. The fraction of sp³-hybridized carbons (Fsp3) is 0.733. The molecule has 0 aromatic heterocycles. The first-order chi connectivity index (χ1) is 9.15. The molecule has 0 saturated carbocycles. The van der Waals surface area contributed by atoms with Crippen molar-refractivity contribution >= 4 is 15.9 Å². The second-order valence-electron chi connectivity index (χ2n) is 5.19. The highest BCUT2D eigenvalue weighted by atomic mass is 79.9. The molecular weight excluding hydrogens is 308 g/mol. The van der Waals surface area contributed by atoms with Gasteiger partial charge in [-0.1, -0.05) is 34.9 Å². The predicted octanol–water partition coefficient (Wildman–Crippen LogP) is 2.42. The van der Waals surface area contributed by atoms with Gasteiger partial charge >= 0.3 is 0 Å². The Kier molecular flexibility index (Phi) is 5.47. The second kappa shape index (κ2) is 6.90. The van der Waals surface area contributed by atoms with Crippen LogP contribution in [0.2, 0.25) is 0 Å². The summed E-state index contributed by atoms with van der Waals surface area (Å²) in [7, 11) is 0. The number of allylic oxidation sites excluding steroid dienone is 1. The number of hydrogen-bond donors (Lipinski definition) is 1. The van der Waals surface area contributed by atoms with Crippen molar-refractivity contribution in [2.75, 3.05) is 0 Å². The Balaban J connectivity index is 1.77. The van der Waals surface area contributed by atoms with Crippen LogP contribution in [0.5, 0.6) is 0 Å². The van der Waals surface area contributed by atoms with Crippen LogP contribution in [0.3, 0.4) is 0 Å². The molecule has 106 valence electrons. The van der Waals surface area contributed by atoms with Crippen LogP contribution in [0.1, 0.15) is 32.6 Å². The number of hydrogen-bond acceptors (Lipinski definition) is 3. The molecule has 6 atom stereocenters. The van der Waals surface area contributed by atoms with Crippen LogP contribution in [0, 0.1) is 12.3 Å². The standard InChI is InChI=1S/C15H21BrO3/c1-3-5-6-7-11(17)14-8-10(16)13(19-14)9-15-12(4-2)18-15/h1,5-6,10-15,17H,4,7-9H2,2H3/b6-5+/t10-,11+,12+,13-,14+,15+/m0/s1. The first-order valence-corrected chi connectivity index (χ1v) is 7.81. The molecule has 0 aliphatic carbocycles. The van der Waals surface area contributed by atoms with Crippen LogP contribution >= 0.6 is 15.9 Å². The van der Waals surface area contributed by atoms with Crippen molar-refractivity contribution in [2.45, 2.75) is 68.0 Å². The number of aliphatic hydroxyl groups excluding tert-OH is 1. The van der Waals surface area contributed by atoms with E-state index in [-0.39, 0.29) is 12.2 Å². The van der Waals surface area contributed by atoms with Gasteiger partial charge in [-0.3, -0.25) is 0 Å². The van der Waals surface area contributed by atoms with E-state index in [1.54, 1.807) is 6.08 Å². The van der Waals surface area contributed by atoms with Gasteiger partial charge in [-0.25, -0.2) is 0 Å². The van der Waals surface area contributed by atoms with Crippen molar-refractivity contribution in [3.63, 3.8) is 0 Å². The molecule has 2 saturated heterocycles. The van der Waals surface area contributed by atoms with Gasteiger partial charge in [-0.15, -0.1) is 6.42 Å². The van der Waals surface area contributed by atoms with E-state index in [9.17, 15) is 5.11 Å². The average molecular weight is 329 g/mol. The molecule has 1 N–H and O–H groups in total. The maximum atomic E-state index is 10.1. The minimum Gasteiger partial charge on any atom is -0.390 e. The zero-order chi connectivity index (χ0) is 13.8.